The summed E-state index contributed by atoms with van der Waals surface area (Å²) in [4.78, 5) is 25.3. The van der Waals surface area contributed by atoms with E-state index in [4.69, 9.17) is 29.3 Å². The van der Waals surface area contributed by atoms with E-state index in [1.807, 2.05) is 0 Å². The lowest BCUT2D eigenvalue weighted by atomic mass is 9.88. The molecule has 4 aliphatic heterocycles. The first kappa shape index (κ1) is 29.9. The van der Waals surface area contributed by atoms with Crippen molar-refractivity contribution in [1.82, 2.24) is 24.6 Å². The number of anilines is 1. The summed E-state index contributed by atoms with van der Waals surface area (Å²) in [6.07, 6.45) is 7.26. The van der Waals surface area contributed by atoms with Gasteiger partial charge in [-0.2, -0.15) is 15.1 Å². The first-order valence-corrected chi connectivity index (χ1v) is 17.2. The Morgan fingerprint density at radius 2 is 1.83 bits per heavy atom. The summed E-state index contributed by atoms with van der Waals surface area (Å²) in [7, 11) is 0. The van der Waals surface area contributed by atoms with Crippen LogP contribution in [0.1, 0.15) is 74.6 Å². The van der Waals surface area contributed by atoms with E-state index in [2.05, 4.69) is 11.0 Å². The molecule has 9 rings (SSSR count). The number of phenolic OH excluding ortho intramolecular Hbond substituents is 1. The summed E-state index contributed by atoms with van der Waals surface area (Å²) in [5, 5.41) is 28.3. The van der Waals surface area contributed by atoms with Crippen molar-refractivity contribution in [2.45, 2.75) is 88.6 Å². The highest BCUT2D eigenvalue weighted by molar-refractivity contribution is 6.06. The van der Waals surface area contributed by atoms with Crippen LogP contribution < -0.4 is 9.64 Å². The Morgan fingerprint density at radius 1 is 1.00 bits per heavy atom. The van der Waals surface area contributed by atoms with Crippen LogP contribution in [0.4, 0.5) is 15.0 Å². The van der Waals surface area contributed by atoms with Crippen LogP contribution >= 0.6 is 0 Å². The monoisotopic (exact) mass is 658 g/mol. The summed E-state index contributed by atoms with van der Waals surface area (Å²) in [5.41, 5.74) is 3.50. The third-order valence-electron chi connectivity index (χ3n) is 10.9. The second-order valence-electron chi connectivity index (χ2n) is 14.0. The molecule has 2 N–H and O–H groups in total. The van der Waals surface area contributed by atoms with Gasteiger partial charge in [-0.1, -0.05) is 0 Å². The lowest BCUT2D eigenvalue weighted by Gasteiger charge is -2.34. The molecule has 2 bridgehead atoms. The van der Waals surface area contributed by atoms with Crippen LogP contribution in [0, 0.1) is 12.7 Å². The standard InChI is InChI=1S/C35H39FN6O6/c1-18-26(36)14-27-25(15-37-42(27)28-4-2-3-9-47-28)29(18)30-23(19-5-6-19)13-24-31(32(30)43)38-34(48-22-7-10-46-11-8-22)39-33(24)40-16-21-12-20(40)17-41(21)35(44)45/h13-15,19-22,28,43H,2-12,16-17H2,1H3,(H,44,45)/t20-,21-,28?/m0/s1. The minimum absolute atomic E-state index is 0.0388. The number of likely N-dealkylation sites (tertiary alicyclic amines) is 1. The van der Waals surface area contributed by atoms with Crippen LogP contribution in [-0.2, 0) is 9.47 Å². The zero-order valence-electron chi connectivity index (χ0n) is 26.9. The number of hydrogen-bond acceptors (Lipinski definition) is 9. The van der Waals surface area contributed by atoms with Gasteiger partial charge in [0.2, 0.25) is 0 Å². The van der Waals surface area contributed by atoms with E-state index in [-0.39, 0.29) is 47.9 Å². The molecule has 12 nitrogen and oxygen atoms in total. The molecule has 48 heavy (non-hydrogen) atoms. The lowest BCUT2D eigenvalue weighted by Crippen LogP contribution is -2.48. The summed E-state index contributed by atoms with van der Waals surface area (Å²) in [6.45, 7) is 4.43. The minimum atomic E-state index is -0.910. The molecule has 0 spiro atoms. The highest BCUT2D eigenvalue weighted by Gasteiger charge is 2.47. The molecular weight excluding hydrogens is 619 g/mol. The van der Waals surface area contributed by atoms with Crippen molar-refractivity contribution in [2.75, 3.05) is 37.8 Å². The average molecular weight is 659 g/mol. The summed E-state index contributed by atoms with van der Waals surface area (Å²) < 4.78 is 35.6. The number of halogens is 1. The Labute approximate surface area is 276 Å². The van der Waals surface area contributed by atoms with Gasteiger partial charge in [-0.3, -0.25) is 0 Å². The number of amides is 1. The van der Waals surface area contributed by atoms with Gasteiger partial charge in [0.15, 0.2) is 6.23 Å². The van der Waals surface area contributed by atoms with Crippen molar-refractivity contribution in [3.63, 3.8) is 0 Å². The Bertz CT molecular complexity index is 1930. The number of benzene rings is 2. The predicted octanol–water partition coefficient (Wildman–Crippen LogP) is 5.87. The molecule has 5 aliphatic rings. The molecule has 6 heterocycles. The number of aromatic hydroxyl groups is 1. The van der Waals surface area contributed by atoms with Crippen LogP contribution in [0.5, 0.6) is 11.8 Å². The highest BCUT2D eigenvalue weighted by Crippen LogP contribution is 2.53. The number of ether oxygens (including phenoxy) is 3. The van der Waals surface area contributed by atoms with Crippen LogP contribution in [0.3, 0.4) is 0 Å². The molecule has 1 aliphatic carbocycles. The van der Waals surface area contributed by atoms with E-state index < -0.39 is 6.09 Å². The van der Waals surface area contributed by atoms with E-state index in [0.29, 0.717) is 91.1 Å². The van der Waals surface area contributed by atoms with E-state index in [0.717, 1.165) is 43.1 Å². The van der Waals surface area contributed by atoms with Gasteiger partial charge in [-0.25, -0.2) is 13.9 Å². The second-order valence-corrected chi connectivity index (χ2v) is 14.0. The number of rotatable bonds is 6. The van der Waals surface area contributed by atoms with E-state index in [9.17, 15) is 15.0 Å². The van der Waals surface area contributed by atoms with Crippen molar-refractivity contribution in [3.05, 3.63) is 35.3 Å². The fourth-order valence-electron chi connectivity index (χ4n) is 8.31. The van der Waals surface area contributed by atoms with Crippen molar-refractivity contribution >= 4 is 33.7 Å². The Balaban J connectivity index is 1.24. The van der Waals surface area contributed by atoms with Crippen LogP contribution in [0.15, 0.2) is 18.3 Å². The van der Waals surface area contributed by atoms with Gasteiger partial charge in [0, 0.05) is 60.5 Å². The normalized spacial score (nSPS) is 24.7. The maximum Gasteiger partial charge on any atom is 0.407 e. The van der Waals surface area contributed by atoms with Crippen LogP contribution in [0.2, 0.25) is 0 Å². The molecular formula is C35H39FN6O6. The van der Waals surface area contributed by atoms with E-state index in [1.165, 1.54) is 11.0 Å². The number of piperazine rings is 1. The number of fused-ring (bicyclic) bond motifs is 4. The summed E-state index contributed by atoms with van der Waals surface area (Å²) in [6, 6.07) is 3.56. The molecule has 4 saturated heterocycles. The second kappa shape index (κ2) is 11.4. The molecule has 4 aromatic rings. The van der Waals surface area contributed by atoms with E-state index in [1.54, 1.807) is 17.8 Å². The summed E-state index contributed by atoms with van der Waals surface area (Å²) in [5.74, 6) is 0.405. The van der Waals surface area contributed by atoms with Gasteiger partial charge < -0.3 is 34.2 Å². The van der Waals surface area contributed by atoms with Crippen LogP contribution in [-0.4, -0.2) is 92.1 Å². The zero-order valence-corrected chi connectivity index (χ0v) is 26.9. The molecule has 2 aromatic carbocycles. The quantitative estimate of drug-likeness (QED) is 0.259. The van der Waals surface area contributed by atoms with Gasteiger partial charge in [0.05, 0.1) is 37.0 Å². The van der Waals surface area contributed by atoms with Crippen molar-refractivity contribution < 1.29 is 33.6 Å². The van der Waals surface area contributed by atoms with Gasteiger partial charge in [0.25, 0.3) is 0 Å². The fourth-order valence-corrected chi connectivity index (χ4v) is 8.31. The maximum atomic E-state index is 15.9. The fraction of sp³-hybridized carbons (Fsp3) is 0.543. The van der Waals surface area contributed by atoms with Crippen LogP contribution in [0.25, 0.3) is 32.9 Å². The molecule has 0 radical (unpaired) electrons. The number of nitrogens with zero attached hydrogens (tertiary/aromatic N) is 6. The Hall–Kier alpha value is -4.23. The van der Waals surface area contributed by atoms with Crippen molar-refractivity contribution in [1.29, 1.82) is 0 Å². The predicted molar refractivity (Wildman–Crippen MR) is 174 cm³/mol. The molecule has 13 heteroatoms. The largest absolute Gasteiger partial charge is 0.505 e. The Morgan fingerprint density at radius 3 is 2.54 bits per heavy atom. The number of carbonyl (C=O) groups is 1. The topological polar surface area (TPSA) is 135 Å². The molecule has 2 aromatic heterocycles. The van der Waals surface area contributed by atoms with Gasteiger partial charge in [-0.05, 0) is 68.6 Å². The minimum Gasteiger partial charge on any atom is -0.505 e. The number of phenols is 1. The first-order valence-electron chi connectivity index (χ1n) is 17.2. The lowest BCUT2D eigenvalue weighted by molar-refractivity contribution is -0.0366. The smallest absolute Gasteiger partial charge is 0.407 e. The van der Waals surface area contributed by atoms with Gasteiger partial charge >= 0.3 is 12.1 Å². The SMILES string of the molecule is Cc1c(F)cc2c(cnn2C2CCCCO2)c1-c1c(C2CC2)cc2c(N3C[C@@H]4C[C@H]3CN4C(=O)O)nc(OC3CCOCC3)nc2c1O. The molecule has 252 valence electrons. The number of carboxylic acid groups (broad SMARTS) is 1. The average Bonchev–Trinajstić information content (AvgIpc) is 3.53. The van der Waals surface area contributed by atoms with Crippen molar-refractivity contribution in [2.24, 2.45) is 0 Å². The number of aromatic nitrogens is 4. The molecule has 5 fully saturated rings. The van der Waals surface area contributed by atoms with Crippen molar-refractivity contribution in [3.8, 4) is 22.9 Å². The molecule has 1 amide bonds. The number of hydrogen-bond donors (Lipinski definition) is 2. The third kappa shape index (κ3) is 4.84. The highest BCUT2D eigenvalue weighted by atomic mass is 19.1. The third-order valence-corrected chi connectivity index (χ3v) is 10.9. The van der Waals surface area contributed by atoms with Gasteiger partial charge in [0.1, 0.15) is 29.0 Å². The zero-order chi connectivity index (χ0) is 32.7. The molecule has 1 saturated carbocycles. The Kier molecular flexibility index (Phi) is 7.12. The first-order chi connectivity index (χ1) is 23.4. The molecule has 1 unspecified atom stereocenters. The summed E-state index contributed by atoms with van der Waals surface area (Å²) >= 11 is 0. The molecule has 3 atom stereocenters. The van der Waals surface area contributed by atoms with E-state index >= 15 is 4.39 Å². The van der Waals surface area contributed by atoms with Gasteiger partial charge in [-0.15, -0.1) is 0 Å². The maximum absolute atomic E-state index is 15.9.